The summed E-state index contributed by atoms with van der Waals surface area (Å²) in [4.78, 5) is 4.85. The van der Waals surface area contributed by atoms with Crippen molar-refractivity contribution in [3.63, 3.8) is 0 Å². The molecule has 0 aliphatic carbocycles. The third kappa shape index (κ3) is 6.82. The lowest BCUT2D eigenvalue weighted by molar-refractivity contribution is -0.00537. The molecule has 1 aromatic heterocycles. The van der Waals surface area contributed by atoms with Crippen LogP contribution in [0.5, 0.6) is 5.75 Å². The number of aliphatic hydroxyl groups is 1. The maximum atomic E-state index is 11.2. The zero-order valence-corrected chi connectivity index (χ0v) is 20.0. The summed E-state index contributed by atoms with van der Waals surface area (Å²) in [7, 11) is 1.72. The Morgan fingerprint density at radius 3 is 2.44 bits per heavy atom. The molecule has 3 rings (SSSR count). The molecule has 1 N–H and O–H groups in total. The lowest BCUT2D eigenvalue weighted by Gasteiger charge is -2.30. The van der Waals surface area contributed by atoms with Crippen LogP contribution < -0.4 is 4.74 Å². The van der Waals surface area contributed by atoms with Crippen LogP contribution in [0.25, 0.3) is 0 Å². The number of hydrogen-bond acceptors (Lipinski definition) is 6. The standard InChI is InChI=1S/C26H40N2O4/c1-4-12-26(29,13-5-2)25-11-10-23(32-25)21-28(15-14-27-16-18-31-19-17-27)20-22-8-6-7-9-24(22)30-3/h6-11,29H,4-5,12-21H2,1-3H3. The van der Waals surface area contributed by atoms with E-state index in [1.165, 1.54) is 0 Å². The quantitative estimate of drug-likeness (QED) is 0.494. The van der Waals surface area contributed by atoms with Gasteiger partial charge in [0.05, 0.1) is 26.9 Å². The molecule has 0 spiro atoms. The van der Waals surface area contributed by atoms with E-state index in [0.717, 1.165) is 88.7 Å². The Kier molecular flexibility index (Phi) is 9.60. The van der Waals surface area contributed by atoms with E-state index in [2.05, 4.69) is 35.8 Å². The summed E-state index contributed by atoms with van der Waals surface area (Å²) < 4.78 is 17.3. The zero-order chi connectivity index (χ0) is 22.8. The first-order valence-corrected chi connectivity index (χ1v) is 12.0. The van der Waals surface area contributed by atoms with E-state index >= 15 is 0 Å². The van der Waals surface area contributed by atoms with E-state index in [-0.39, 0.29) is 0 Å². The largest absolute Gasteiger partial charge is 0.496 e. The van der Waals surface area contributed by atoms with Crippen molar-refractivity contribution in [2.24, 2.45) is 0 Å². The van der Waals surface area contributed by atoms with Gasteiger partial charge in [-0.05, 0) is 31.0 Å². The lowest BCUT2D eigenvalue weighted by Crippen LogP contribution is -2.41. The molecule has 0 atom stereocenters. The van der Waals surface area contributed by atoms with Gasteiger partial charge in [0.15, 0.2) is 0 Å². The van der Waals surface area contributed by atoms with Gasteiger partial charge in [0.1, 0.15) is 22.9 Å². The second kappa shape index (κ2) is 12.4. The SMILES string of the molecule is CCCC(O)(CCC)c1ccc(CN(CCN2CCOCC2)Cc2ccccc2OC)o1. The van der Waals surface area contributed by atoms with Crippen LogP contribution in [0.3, 0.4) is 0 Å². The van der Waals surface area contributed by atoms with Gasteiger partial charge < -0.3 is 19.0 Å². The second-order valence-electron chi connectivity index (χ2n) is 8.77. The number of nitrogens with zero attached hydrogens (tertiary/aromatic N) is 2. The fourth-order valence-corrected chi connectivity index (χ4v) is 4.53. The Bertz CT molecular complexity index is 795. The third-order valence-electron chi connectivity index (χ3n) is 6.25. The number of furan rings is 1. The molecule has 1 saturated heterocycles. The third-order valence-corrected chi connectivity index (χ3v) is 6.25. The van der Waals surface area contributed by atoms with Crippen molar-refractivity contribution in [2.75, 3.05) is 46.5 Å². The van der Waals surface area contributed by atoms with Gasteiger partial charge in [-0.3, -0.25) is 9.80 Å². The topological polar surface area (TPSA) is 58.3 Å². The monoisotopic (exact) mass is 444 g/mol. The number of hydrogen-bond donors (Lipinski definition) is 1. The van der Waals surface area contributed by atoms with Crippen LogP contribution in [-0.2, 0) is 23.4 Å². The highest BCUT2D eigenvalue weighted by Crippen LogP contribution is 2.33. The number of rotatable bonds is 13. The van der Waals surface area contributed by atoms with E-state index in [1.807, 2.05) is 24.3 Å². The Hall–Kier alpha value is -1.86. The molecule has 2 heterocycles. The fourth-order valence-electron chi connectivity index (χ4n) is 4.53. The van der Waals surface area contributed by atoms with Crippen molar-refractivity contribution in [3.8, 4) is 5.75 Å². The molecule has 6 nitrogen and oxygen atoms in total. The highest BCUT2D eigenvalue weighted by atomic mass is 16.5. The summed E-state index contributed by atoms with van der Waals surface area (Å²) in [5.74, 6) is 2.49. The molecule has 0 radical (unpaired) electrons. The van der Waals surface area contributed by atoms with Gasteiger partial charge in [0.2, 0.25) is 0 Å². The van der Waals surface area contributed by atoms with Crippen LogP contribution in [0.15, 0.2) is 40.8 Å². The van der Waals surface area contributed by atoms with Crippen LogP contribution >= 0.6 is 0 Å². The lowest BCUT2D eigenvalue weighted by atomic mass is 9.90. The highest BCUT2D eigenvalue weighted by Gasteiger charge is 2.31. The van der Waals surface area contributed by atoms with Crippen LogP contribution in [-0.4, -0.2) is 61.4 Å². The number of ether oxygens (including phenoxy) is 2. The molecule has 2 aromatic rings. The molecule has 1 aliphatic rings. The average Bonchev–Trinajstić information content (AvgIpc) is 3.28. The van der Waals surface area contributed by atoms with Gasteiger partial charge in [-0.1, -0.05) is 44.9 Å². The van der Waals surface area contributed by atoms with Crippen molar-refractivity contribution < 1.29 is 19.0 Å². The van der Waals surface area contributed by atoms with E-state index < -0.39 is 5.60 Å². The van der Waals surface area contributed by atoms with E-state index in [9.17, 15) is 5.11 Å². The first-order chi connectivity index (χ1) is 15.6. The summed E-state index contributed by atoms with van der Waals surface area (Å²) in [5, 5.41) is 11.2. The van der Waals surface area contributed by atoms with Gasteiger partial charge in [-0.2, -0.15) is 0 Å². The summed E-state index contributed by atoms with van der Waals surface area (Å²) in [6, 6.07) is 12.2. The average molecular weight is 445 g/mol. The molecule has 0 amide bonds. The minimum Gasteiger partial charge on any atom is -0.496 e. The zero-order valence-electron chi connectivity index (χ0n) is 20.0. The van der Waals surface area contributed by atoms with E-state index in [0.29, 0.717) is 12.3 Å². The van der Waals surface area contributed by atoms with E-state index in [1.54, 1.807) is 7.11 Å². The number of benzene rings is 1. The first kappa shape index (κ1) is 24.8. The molecule has 1 aliphatic heterocycles. The molecular weight excluding hydrogens is 404 g/mol. The maximum Gasteiger partial charge on any atom is 0.135 e. The van der Waals surface area contributed by atoms with Crippen molar-refractivity contribution >= 4 is 0 Å². The van der Waals surface area contributed by atoms with Crippen LogP contribution in [0, 0.1) is 0 Å². The van der Waals surface area contributed by atoms with Crippen molar-refractivity contribution in [3.05, 3.63) is 53.5 Å². The maximum absolute atomic E-state index is 11.2. The smallest absolute Gasteiger partial charge is 0.135 e. The highest BCUT2D eigenvalue weighted by molar-refractivity contribution is 5.33. The Labute approximate surface area is 193 Å². The summed E-state index contributed by atoms with van der Waals surface area (Å²) in [5.41, 5.74) is 0.292. The summed E-state index contributed by atoms with van der Waals surface area (Å²) in [6.07, 6.45) is 3.28. The fraction of sp³-hybridized carbons (Fsp3) is 0.615. The molecule has 0 unspecified atom stereocenters. The minimum absolute atomic E-state index is 0.691. The van der Waals surface area contributed by atoms with Gasteiger partial charge >= 0.3 is 0 Å². The van der Waals surface area contributed by atoms with Crippen LogP contribution in [0.4, 0.5) is 0 Å². The second-order valence-corrected chi connectivity index (χ2v) is 8.77. The van der Waals surface area contributed by atoms with Gasteiger partial charge in [-0.25, -0.2) is 0 Å². The molecule has 6 heteroatoms. The number of para-hydroxylation sites is 1. The molecule has 0 saturated carbocycles. The molecule has 32 heavy (non-hydrogen) atoms. The van der Waals surface area contributed by atoms with Gasteiger partial charge in [-0.15, -0.1) is 0 Å². The Morgan fingerprint density at radius 2 is 1.75 bits per heavy atom. The molecule has 1 aromatic carbocycles. The molecule has 178 valence electrons. The van der Waals surface area contributed by atoms with Gasteiger partial charge in [0.25, 0.3) is 0 Å². The summed E-state index contributed by atoms with van der Waals surface area (Å²) >= 11 is 0. The van der Waals surface area contributed by atoms with E-state index in [4.69, 9.17) is 13.9 Å². The number of methoxy groups -OCH3 is 1. The van der Waals surface area contributed by atoms with Crippen molar-refractivity contribution in [1.29, 1.82) is 0 Å². The normalized spacial score (nSPS) is 15.4. The summed E-state index contributed by atoms with van der Waals surface area (Å²) in [6.45, 7) is 11.2. The first-order valence-electron chi connectivity index (χ1n) is 12.0. The molecule has 1 fully saturated rings. The van der Waals surface area contributed by atoms with Gasteiger partial charge in [0, 0.05) is 38.3 Å². The number of morpholine rings is 1. The molecule has 0 bridgehead atoms. The van der Waals surface area contributed by atoms with Crippen molar-refractivity contribution in [2.45, 2.75) is 58.2 Å². The Balaban J connectivity index is 1.73. The minimum atomic E-state index is -0.872. The Morgan fingerprint density at radius 1 is 1.03 bits per heavy atom. The van der Waals surface area contributed by atoms with Crippen molar-refractivity contribution in [1.82, 2.24) is 9.80 Å². The van der Waals surface area contributed by atoms with Crippen LogP contribution in [0.1, 0.15) is 56.6 Å². The predicted octanol–water partition coefficient (Wildman–Crippen LogP) is 4.41. The predicted molar refractivity (Wildman–Crippen MR) is 127 cm³/mol. The molecular formula is C26H40N2O4. The van der Waals surface area contributed by atoms with Crippen LogP contribution in [0.2, 0.25) is 0 Å².